The number of hydrogen-bond acceptors (Lipinski definition) is 3. The Balaban J connectivity index is 1.66. The summed E-state index contributed by atoms with van der Waals surface area (Å²) in [5.74, 6) is 1.34. The van der Waals surface area contributed by atoms with E-state index in [2.05, 4.69) is 33.1 Å². The van der Waals surface area contributed by atoms with Gasteiger partial charge in [0.1, 0.15) is 18.9 Å². The molecule has 1 amide bonds. The molecule has 2 aromatic rings. The molecule has 2 rings (SSSR count). The van der Waals surface area contributed by atoms with Gasteiger partial charge >= 0.3 is 0 Å². The van der Waals surface area contributed by atoms with Crippen molar-refractivity contribution in [2.24, 2.45) is 4.99 Å². The molecule has 0 atom stereocenters. The molecule has 27 heavy (non-hydrogen) atoms. The summed E-state index contributed by atoms with van der Waals surface area (Å²) in [4.78, 5) is 16.3. The van der Waals surface area contributed by atoms with Gasteiger partial charge in [-0.05, 0) is 31.0 Å². The molecule has 2 aromatic carbocycles. The van der Waals surface area contributed by atoms with Crippen molar-refractivity contribution in [3.63, 3.8) is 0 Å². The van der Waals surface area contributed by atoms with Crippen molar-refractivity contribution in [2.45, 2.75) is 13.3 Å². The molecule has 6 nitrogen and oxygen atoms in total. The minimum absolute atomic E-state index is 0.0870. The van der Waals surface area contributed by atoms with Crippen molar-refractivity contribution < 1.29 is 9.53 Å². The highest BCUT2D eigenvalue weighted by molar-refractivity contribution is 5.84. The Kier molecular flexibility index (Phi) is 9.28. The summed E-state index contributed by atoms with van der Waals surface area (Å²) in [6.07, 6.45) is 0.811. The number of rotatable bonds is 10. The van der Waals surface area contributed by atoms with Crippen LogP contribution in [-0.2, 0) is 11.2 Å². The van der Waals surface area contributed by atoms with Gasteiger partial charge < -0.3 is 20.7 Å². The van der Waals surface area contributed by atoms with Crippen LogP contribution in [0.2, 0.25) is 0 Å². The SMILES string of the molecule is CCNC(=NCC(=O)NCCc1ccccc1)NCCOc1ccccc1. The highest BCUT2D eigenvalue weighted by Crippen LogP contribution is 2.07. The lowest BCUT2D eigenvalue weighted by atomic mass is 10.1. The van der Waals surface area contributed by atoms with Crippen LogP contribution in [0, 0.1) is 0 Å². The summed E-state index contributed by atoms with van der Waals surface area (Å²) in [7, 11) is 0. The molecule has 0 spiro atoms. The maximum atomic E-state index is 12.0. The molecular weight excluding hydrogens is 340 g/mol. The number of ether oxygens (including phenoxy) is 1. The summed E-state index contributed by atoms with van der Waals surface area (Å²) in [5, 5.41) is 9.18. The highest BCUT2D eigenvalue weighted by Gasteiger charge is 2.02. The number of nitrogens with one attached hydrogen (secondary N) is 3. The van der Waals surface area contributed by atoms with Crippen LogP contribution in [0.3, 0.4) is 0 Å². The Bertz CT molecular complexity index is 690. The van der Waals surface area contributed by atoms with Gasteiger partial charge in [0, 0.05) is 13.1 Å². The minimum atomic E-state index is -0.0938. The molecule has 0 aliphatic carbocycles. The van der Waals surface area contributed by atoms with Gasteiger partial charge in [0.05, 0.1) is 6.54 Å². The van der Waals surface area contributed by atoms with E-state index >= 15 is 0 Å². The second kappa shape index (κ2) is 12.4. The lowest BCUT2D eigenvalue weighted by molar-refractivity contribution is -0.119. The molecule has 0 heterocycles. The smallest absolute Gasteiger partial charge is 0.241 e. The minimum Gasteiger partial charge on any atom is -0.492 e. The Hall–Kier alpha value is -3.02. The van der Waals surface area contributed by atoms with E-state index < -0.39 is 0 Å². The number of amides is 1. The van der Waals surface area contributed by atoms with Gasteiger partial charge in [0.15, 0.2) is 5.96 Å². The maximum Gasteiger partial charge on any atom is 0.241 e. The summed E-state index contributed by atoms with van der Waals surface area (Å²) in [6.45, 7) is 4.50. The normalized spacial score (nSPS) is 10.9. The second-order valence-corrected chi connectivity index (χ2v) is 5.87. The topological polar surface area (TPSA) is 74.8 Å². The molecule has 0 bridgehead atoms. The van der Waals surface area contributed by atoms with Crippen LogP contribution in [0.5, 0.6) is 5.75 Å². The third-order valence-corrected chi connectivity index (χ3v) is 3.71. The molecule has 0 saturated heterocycles. The fraction of sp³-hybridized carbons (Fsp3) is 0.333. The molecule has 6 heteroatoms. The second-order valence-electron chi connectivity index (χ2n) is 5.87. The number of hydrogen-bond donors (Lipinski definition) is 3. The van der Waals surface area contributed by atoms with Crippen LogP contribution in [0.25, 0.3) is 0 Å². The quantitative estimate of drug-likeness (QED) is 0.341. The van der Waals surface area contributed by atoms with Crippen molar-refractivity contribution in [2.75, 3.05) is 32.8 Å². The number of benzene rings is 2. The van der Waals surface area contributed by atoms with E-state index in [1.54, 1.807) is 0 Å². The predicted octanol–water partition coefficient (Wildman–Crippen LogP) is 1.98. The molecule has 3 N–H and O–H groups in total. The van der Waals surface area contributed by atoms with Crippen molar-refractivity contribution in [3.8, 4) is 5.75 Å². The van der Waals surface area contributed by atoms with Crippen LogP contribution in [0.15, 0.2) is 65.7 Å². The number of nitrogens with zero attached hydrogens (tertiary/aromatic N) is 1. The number of guanidine groups is 1. The molecule has 144 valence electrons. The molecule has 0 unspecified atom stereocenters. The largest absolute Gasteiger partial charge is 0.492 e. The van der Waals surface area contributed by atoms with E-state index in [0.717, 1.165) is 18.7 Å². The van der Waals surface area contributed by atoms with E-state index in [4.69, 9.17) is 4.74 Å². The number of carbonyl (C=O) groups is 1. The summed E-state index contributed by atoms with van der Waals surface area (Å²) in [6, 6.07) is 19.7. The summed E-state index contributed by atoms with van der Waals surface area (Å²) < 4.78 is 5.63. The van der Waals surface area contributed by atoms with Gasteiger partial charge in [-0.1, -0.05) is 48.5 Å². The lowest BCUT2D eigenvalue weighted by Gasteiger charge is -2.12. The van der Waals surface area contributed by atoms with Gasteiger partial charge in [0.2, 0.25) is 5.91 Å². The van der Waals surface area contributed by atoms with Crippen LogP contribution < -0.4 is 20.7 Å². The zero-order valence-corrected chi connectivity index (χ0v) is 15.8. The number of para-hydroxylation sites is 1. The van der Waals surface area contributed by atoms with Crippen molar-refractivity contribution in [3.05, 3.63) is 66.2 Å². The third kappa shape index (κ3) is 8.76. The van der Waals surface area contributed by atoms with Crippen LogP contribution >= 0.6 is 0 Å². The number of aliphatic imine (C=N–C) groups is 1. The van der Waals surface area contributed by atoms with Gasteiger partial charge in [0.25, 0.3) is 0 Å². The fourth-order valence-corrected chi connectivity index (χ4v) is 2.39. The molecule has 0 aromatic heterocycles. The molecule has 0 fully saturated rings. The lowest BCUT2D eigenvalue weighted by Crippen LogP contribution is -2.40. The standard InChI is InChI=1S/C21H28N4O2/c1-2-22-21(24-15-16-27-19-11-7-4-8-12-19)25-17-20(26)23-14-13-18-9-5-3-6-10-18/h3-12H,2,13-17H2,1H3,(H,23,26)(H2,22,24,25). The van der Waals surface area contributed by atoms with E-state index in [1.807, 2.05) is 55.5 Å². The zero-order chi connectivity index (χ0) is 19.2. The van der Waals surface area contributed by atoms with Gasteiger partial charge in [-0.25, -0.2) is 4.99 Å². The summed E-state index contributed by atoms with van der Waals surface area (Å²) in [5.41, 5.74) is 1.20. The Labute approximate surface area is 161 Å². The summed E-state index contributed by atoms with van der Waals surface area (Å²) >= 11 is 0. The Morgan fingerprint density at radius 2 is 1.63 bits per heavy atom. The van der Waals surface area contributed by atoms with Crippen molar-refractivity contribution in [1.29, 1.82) is 0 Å². The molecule has 0 aliphatic heterocycles. The van der Waals surface area contributed by atoms with Crippen LogP contribution in [0.1, 0.15) is 12.5 Å². The monoisotopic (exact) mass is 368 g/mol. The molecule has 0 radical (unpaired) electrons. The Morgan fingerprint density at radius 3 is 2.33 bits per heavy atom. The van der Waals surface area contributed by atoms with Gasteiger partial charge in [-0.3, -0.25) is 4.79 Å². The van der Waals surface area contributed by atoms with Crippen molar-refractivity contribution >= 4 is 11.9 Å². The van der Waals surface area contributed by atoms with E-state index in [9.17, 15) is 4.79 Å². The first kappa shape index (κ1) is 20.3. The average molecular weight is 368 g/mol. The van der Waals surface area contributed by atoms with E-state index in [1.165, 1.54) is 5.56 Å². The molecular formula is C21H28N4O2. The molecule has 0 saturated carbocycles. The van der Waals surface area contributed by atoms with Gasteiger partial charge in [-0.15, -0.1) is 0 Å². The first-order chi connectivity index (χ1) is 13.3. The maximum absolute atomic E-state index is 12.0. The fourth-order valence-electron chi connectivity index (χ4n) is 2.39. The van der Waals surface area contributed by atoms with Crippen LogP contribution in [0.4, 0.5) is 0 Å². The first-order valence-electron chi connectivity index (χ1n) is 9.28. The average Bonchev–Trinajstić information content (AvgIpc) is 2.71. The van der Waals surface area contributed by atoms with E-state index in [-0.39, 0.29) is 12.5 Å². The van der Waals surface area contributed by atoms with Crippen LogP contribution in [-0.4, -0.2) is 44.7 Å². The Morgan fingerprint density at radius 1 is 0.926 bits per heavy atom. The van der Waals surface area contributed by atoms with E-state index in [0.29, 0.717) is 25.7 Å². The first-order valence-corrected chi connectivity index (χ1v) is 9.28. The zero-order valence-electron chi connectivity index (χ0n) is 15.8. The van der Waals surface area contributed by atoms with Crippen molar-refractivity contribution in [1.82, 2.24) is 16.0 Å². The predicted molar refractivity (Wildman–Crippen MR) is 109 cm³/mol. The van der Waals surface area contributed by atoms with Gasteiger partial charge in [-0.2, -0.15) is 0 Å². The highest BCUT2D eigenvalue weighted by atomic mass is 16.5. The number of carbonyl (C=O) groups excluding carboxylic acids is 1. The molecule has 0 aliphatic rings. The third-order valence-electron chi connectivity index (χ3n) is 3.71.